The highest BCUT2D eigenvalue weighted by Gasteiger charge is 2.10. The Morgan fingerprint density at radius 3 is 2.22 bits per heavy atom. The molecule has 2 nitrogen and oxygen atoms in total. The van der Waals surface area contributed by atoms with E-state index in [4.69, 9.17) is 0 Å². The molecular weight excluding hydrogens is 450 g/mol. The lowest BCUT2D eigenvalue weighted by molar-refractivity contribution is 0.381. The monoisotopic (exact) mass is 491 g/mol. The highest BCUT2D eigenvalue weighted by Crippen LogP contribution is 2.23. The maximum atomic E-state index is 9.54. The van der Waals surface area contributed by atoms with Crippen LogP contribution in [-0.2, 0) is 19.3 Å². The molecule has 0 saturated carbocycles. The predicted octanol–water partition coefficient (Wildman–Crippen LogP) is 9.41. The zero-order valence-electron chi connectivity index (χ0n) is 22.1. The molecule has 3 rings (SSSR count). The number of aliphatic hydroxyl groups excluding tert-OH is 1. The zero-order valence-corrected chi connectivity index (χ0v) is 22.1. The molecule has 0 heterocycles. The highest BCUT2D eigenvalue weighted by molar-refractivity contribution is 5.54. The average molecular weight is 492 g/mol. The third-order valence-corrected chi connectivity index (χ3v) is 7.02. The van der Waals surface area contributed by atoms with Crippen LogP contribution < -0.4 is 0 Å². The van der Waals surface area contributed by atoms with E-state index in [0.717, 1.165) is 43.2 Å². The van der Waals surface area contributed by atoms with Crippen molar-refractivity contribution in [3.8, 4) is 6.07 Å². The van der Waals surface area contributed by atoms with Crippen LogP contribution in [0.2, 0.25) is 0 Å². The molecule has 0 aromatic heterocycles. The van der Waals surface area contributed by atoms with Crippen LogP contribution in [0, 0.1) is 17.2 Å². The first kappa shape index (κ1) is 28.0. The summed E-state index contributed by atoms with van der Waals surface area (Å²) in [6, 6.07) is 29.8. The van der Waals surface area contributed by atoms with Gasteiger partial charge in [0.05, 0.1) is 17.4 Å². The summed E-state index contributed by atoms with van der Waals surface area (Å²) in [7, 11) is 0. The number of rotatable bonds is 16. The Morgan fingerprint density at radius 2 is 1.46 bits per heavy atom. The quantitative estimate of drug-likeness (QED) is 0.160. The molecule has 0 fully saturated rings. The Morgan fingerprint density at radius 1 is 0.784 bits per heavy atom. The van der Waals surface area contributed by atoms with Crippen molar-refractivity contribution in [1.82, 2.24) is 0 Å². The smallest absolute Gasteiger partial charge is 0.0994 e. The minimum atomic E-state index is 0.260. The van der Waals surface area contributed by atoms with Crippen LogP contribution >= 0.6 is 0 Å². The molecule has 1 N–H and O–H groups in total. The summed E-state index contributed by atoms with van der Waals surface area (Å²) < 4.78 is 0. The van der Waals surface area contributed by atoms with E-state index in [2.05, 4.69) is 85.5 Å². The van der Waals surface area contributed by atoms with E-state index < -0.39 is 0 Å². The Balaban J connectivity index is 1.57. The summed E-state index contributed by atoms with van der Waals surface area (Å²) in [5.74, 6) is 0.600. The molecule has 0 spiro atoms. The van der Waals surface area contributed by atoms with Crippen LogP contribution in [0.3, 0.4) is 0 Å². The summed E-state index contributed by atoms with van der Waals surface area (Å²) in [4.78, 5) is 0. The van der Waals surface area contributed by atoms with E-state index in [1.165, 1.54) is 48.8 Å². The van der Waals surface area contributed by atoms with E-state index in [0.29, 0.717) is 12.3 Å². The van der Waals surface area contributed by atoms with Gasteiger partial charge in [-0.05, 0) is 79.2 Å². The lowest BCUT2D eigenvalue weighted by atomic mass is 9.90. The third kappa shape index (κ3) is 10.5. The minimum Gasteiger partial charge on any atom is -0.513 e. The summed E-state index contributed by atoms with van der Waals surface area (Å²) in [5, 5.41) is 19.0. The van der Waals surface area contributed by atoms with Gasteiger partial charge in [-0.3, -0.25) is 0 Å². The van der Waals surface area contributed by atoms with E-state index in [1.807, 2.05) is 18.2 Å². The van der Waals surface area contributed by atoms with E-state index >= 15 is 0 Å². The Kier molecular flexibility index (Phi) is 12.3. The van der Waals surface area contributed by atoms with Crippen LogP contribution in [0.1, 0.15) is 79.2 Å². The predicted molar refractivity (Wildman–Crippen MR) is 156 cm³/mol. The molecule has 1 atom stereocenters. The molecular formula is C35H41NO. The molecule has 2 heteroatoms. The van der Waals surface area contributed by atoms with Crippen LogP contribution in [-0.4, -0.2) is 5.11 Å². The molecule has 1 unspecified atom stereocenters. The lowest BCUT2D eigenvalue weighted by Crippen LogP contribution is -2.04. The van der Waals surface area contributed by atoms with Crippen molar-refractivity contribution >= 4 is 6.08 Å². The van der Waals surface area contributed by atoms with Crippen molar-refractivity contribution in [3.05, 3.63) is 125 Å². The van der Waals surface area contributed by atoms with E-state index in [1.54, 1.807) is 0 Å². The minimum absolute atomic E-state index is 0.260. The molecule has 37 heavy (non-hydrogen) atoms. The fraction of sp³-hybridized carbons (Fsp3) is 0.343. The number of allylic oxidation sites excluding steroid dienone is 2. The molecule has 3 aromatic rings. The van der Waals surface area contributed by atoms with E-state index in [-0.39, 0.29) is 5.76 Å². The third-order valence-electron chi connectivity index (χ3n) is 7.02. The first-order valence-electron chi connectivity index (χ1n) is 13.8. The van der Waals surface area contributed by atoms with Crippen LogP contribution in [0.4, 0.5) is 0 Å². The van der Waals surface area contributed by atoms with Gasteiger partial charge in [0, 0.05) is 6.42 Å². The van der Waals surface area contributed by atoms with Gasteiger partial charge in [0.2, 0.25) is 0 Å². The molecule has 0 amide bonds. The van der Waals surface area contributed by atoms with Crippen molar-refractivity contribution in [2.75, 3.05) is 0 Å². The Bertz CT molecular complexity index is 1160. The van der Waals surface area contributed by atoms with Crippen molar-refractivity contribution in [2.45, 2.75) is 70.6 Å². The second kappa shape index (κ2) is 16.2. The first-order valence-corrected chi connectivity index (χ1v) is 13.8. The second-order valence-electron chi connectivity index (χ2n) is 10.0. The number of hydrogen-bond donors (Lipinski definition) is 1. The molecule has 0 aliphatic rings. The Hall–Kier alpha value is -3.57. The van der Waals surface area contributed by atoms with Crippen LogP contribution in [0.15, 0.2) is 97.3 Å². The average Bonchev–Trinajstić information content (AvgIpc) is 2.92. The zero-order chi connectivity index (χ0) is 26.1. The van der Waals surface area contributed by atoms with Crippen LogP contribution in [0.5, 0.6) is 0 Å². The fourth-order valence-electron chi connectivity index (χ4n) is 4.90. The number of aryl methyl sites for hydroxylation is 2. The first-order chi connectivity index (χ1) is 18.2. The van der Waals surface area contributed by atoms with Crippen molar-refractivity contribution in [2.24, 2.45) is 5.92 Å². The summed E-state index contributed by atoms with van der Waals surface area (Å²) in [6.07, 6.45) is 16.4. The standard InChI is InChI=1S/C35H41NO/c1-29(37)15-9-10-19-31(27-34-23-13-14-24-35(34)28-36)25-26-33-22-12-11-21-32(33)20-8-3-2-5-16-30-17-6-4-7-18-30/h4,6-7,11-14,17-18,21-26,31,37H,1-3,5,8-10,15-16,19-20,27H2/b26-25+. The fourth-order valence-corrected chi connectivity index (χ4v) is 4.90. The Labute approximate surface area is 224 Å². The van der Waals surface area contributed by atoms with Gasteiger partial charge >= 0.3 is 0 Å². The number of nitriles is 1. The number of aliphatic hydroxyl groups is 1. The van der Waals surface area contributed by atoms with Gasteiger partial charge in [0.15, 0.2) is 0 Å². The highest BCUT2D eigenvalue weighted by atomic mass is 16.3. The molecule has 0 aliphatic heterocycles. The van der Waals surface area contributed by atoms with Gasteiger partial charge in [0.1, 0.15) is 0 Å². The molecule has 3 aromatic carbocycles. The lowest BCUT2D eigenvalue weighted by Gasteiger charge is -2.15. The molecule has 0 radical (unpaired) electrons. The topological polar surface area (TPSA) is 44.0 Å². The number of nitrogens with zero attached hydrogens (tertiary/aromatic N) is 1. The SMILES string of the molecule is C=C(O)CCCCC(/C=C/c1ccccc1CCCCCCc1ccccc1)Cc1ccccc1C#N. The van der Waals surface area contributed by atoms with Crippen LogP contribution in [0.25, 0.3) is 6.08 Å². The molecule has 0 bridgehead atoms. The summed E-state index contributed by atoms with van der Waals surface area (Å²) in [5.41, 5.74) is 6.02. The summed E-state index contributed by atoms with van der Waals surface area (Å²) >= 11 is 0. The van der Waals surface area contributed by atoms with Gasteiger partial charge < -0.3 is 5.11 Å². The second-order valence-corrected chi connectivity index (χ2v) is 10.0. The van der Waals surface area contributed by atoms with Crippen molar-refractivity contribution < 1.29 is 5.11 Å². The largest absolute Gasteiger partial charge is 0.513 e. The van der Waals surface area contributed by atoms with Gasteiger partial charge in [-0.2, -0.15) is 5.26 Å². The molecule has 192 valence electrons. The normalized spacial score (nSPS) is 11.9. The van der Waals surface area contributed by atoms with Crippen molar-refractivity contribution in [1.29, 1.82) is 5.26 Å². The van der Waals surface area contributed by atoms with Gasteiger partial charge in [-0.25, -0.2) is 0 Å². The number of hydrogen-bond acceptors (Lipinski definition) is 2. The van der Waals surface area contributed by atoms with Gasteiger partial charge in [-0.15, -0.1) is 0 Å². The number of unbranched alkanes of at least 4 members (excludes halogenated alkanes) is 4. The van der Waals surface area contributed by atoms with Gasteiger partial charge in [-0.1, -0.05) is 111 Å². The summed E-state index contributed by atoms with van der Waals surface area (Å²) in [6.45, 7) is 3.61. The van der Waals surface area contributed by atoms with Crippen molar-refractivity contribution in [3.63, 3.8) is 0 Å². The molecule has 0 saturated heterocycles. The number of benzene rings is 3. The molecule has 0 aliphatic carbocycles. The van der Waals surface area contributed by atoms with E-state index in [9.17, 15) is 10.4 Å². The maximum absolute atomic E-state index is 9.54. The van der Waals surface area contributed by atoms with Gasteiger partial charge in [0.25, 0.3) is 0 Å². The maximum Gasteiger partial charge on any atom is 0.0994 e.